The van der Waals surface area contributed by atoms with E-state index in [0.29, 0.717) is 6.04 Å². The van der Waals surface area contributed by atoms with Crippen LogP contribution in [0.1, 0.15) is 67.8 Å². The highest BCUT2D eigenvalue weighted by molar-refractivity contribution is 7.12. The van der Waals surface area contributed by atoms with Crippen LogP contribution in [-0.4, -0.2) is 6.54 Å². The molecular weight excluding hydrogens is 238 g/mol. The third kappa shape index (κ3) is 3.58. The summed E-state index contributed by atoms with van der Waals surface area (Å²) in [6, 6.07) is 3.09. The molecule has 1 aliphatic rings. The van der Waals surface area contributed by atoms with E-state index in [-0.39, 0.29) is 0 Å². The predicted octanol–water partition coefficient (Wildman–Crippen LogP) is 4.71. The second-order valence-electron chi connectivity index (χ2n) is 5.93. The van der Waals surface area contributed by atoms with Crippen molar-refractivity contribution in [2.45, 2.75) is 65.3 Å². The lowest BCUT2D eigenvalue weighted by atomic mass is 10.0. The molecule has 1 unspecified atom stereocenters. The Morgan fingerprint density at radius 2 is 2.11 bits per heavy atom. The fraction of sp³-hybridized carbons (Fsp3) is 0.750. The maximum atomic E-state index is 3.74. The Balaban J connectivity index is 2.01. The van der Waals surface area contributed by atoms with E-state index < -0.39 is 0 Å². The zero-order chi connectivity index (χ0) is 13.0. The summed E-state index contributed by atoms with van der Waals surface area (Å²) < 4.78 is 0. The molecule has 0 saturated carbocycles. The first-order valence-electron chi connectivity index (χ1n) is 7.55. The first-order chi connectivity index (χ1) is 8.70. The van der Waals surface area contributed by atoms with Crippen LogP contribution in [0.25, 0.3) is 0 Å². The Morgan fingerprint density at radius 1 is 1.28 bits per heavy atom. The van der Waals surface area contributed by atoms with E-state index in [0.717, 1.165) is 12.5 Å². The van der Waals surface area contributed by atoms with Crippen molar-refractivity contribution in [3.63, 3.8) is 0 Å². The number of thiophene rings is 1. The summed E-state index contributed by atoms with van der Waals surface area (Å²) in [4.78, 5) is 3.26. The molecule has 1 aromatic rings. The maximum Gasteiger partial charge on any atom is 0.0415 e. The fourth-order valence-corrected chi connectivity index (χ4v) is 4.05. The summed E-state index contributed by atoms with van der Waals surface area (Å²) >= 11 is 2.07. The zero-order valence-corrected chi connectivity index (χ0v) is 12.9. The van der Waals surface area contributed by atoms with Gasteiger partial charge in [0.1, 0.15) is 0 Å². The monoisotopic (exact) mass is 265 g/mol. The minimum Gasteiger partial charge on any atom is -0.309 e. The molecule has 1 nitrogen and oxygen atoms in total. The van der Waals surface area contributed by atoms with E-state index >= 15 is 0 Å². The summed E-state index contributed by atoms with van der Waals surface area (Å²) in [6.07, 6.45) is 7.85. The van der Waals surface area contributed by atoms with E-state index in [9.17, 15) is 0 Å². The highest BCUT2D eigenvalue weighted by atomic mass is 32.1. The first-order valence-corrected chi connectivity index (χ1v) is 8.37. The van der Waals surface area contributed by atoms with Crippen molar-refractivity contribution in [3.05, 3.63) is 21.4 Å². The fourth-order valence-electron chi connectivity index (χ4n) is 2.69. The van der Waals surface area contributed by atoms with E-state index in [2.05, 4.69) is 43.5 Å². The summed E-state index contributed by atoms with van der Waals surface area (Å²) in [6.45, 7) is 8.04. The molecule has 1 aliphatic carbocycles. The Hall–Kier alpha value is -0.340. The molecule has 1 aromatic heterocycles. The molecule has 2 heteroatoms. The normalized spacial score (nSPS) is 16.2. The number of nitrogens with one attached hydrogen (secondary N) is 1. The molecule has 0 spiro atoms. The largest absolute Gasteiger partial charge is 0.309 e. The van der Waals surface area contributed by atoms with Gasteiger partial charge in [-0.2, -0.15) is 0 Å². The molecule has 1 N–H and O–H groups in total. The van der Waals surface area contributed by atoms with E-state index in [1.54, 1.807) is 15.3 Å². The zero-order valence-electron chi connectivity index (χ0n) is 12.1. The molecule has 0 amide bonds. The second-order valence-corrected chi connectivity index (χ2v) is 7.10. The molecule has 102 valence electrons. The molecule has 1 heterocycles. The van der Waals surface area contributed by atoms with Crippen molar-refractivity contribution >= 4 is 11.3 Å². The van der Waals surface area contributed by atoms with Gasteiger partial charge in [0, 0.05) is 15.8 Å². The van der Waals surface area contributed by atoms with Crippen LogP contribution in [0.5, 0.6) is 0 Å². The van der Waals surface area contributed by atoms with Crippen molar-refractivity contribution in [2.24, 2.45) is 5.92 Å². The van der Waals surface area contributed by atoms with Gasteiger partial charge >= 0.3 is 0 Å². The van der Waals surface area contributed by atoms with Gasteiger partial charge in [-0.3, -0.25) is 0 Å². The van der Waals surface area contributed by atoms with Crippen molar-refractivity contribution in [1.29, 1.82) is 0 Å². The predicted molar refractivity (Wildman–Crippen MR) is 81.5 cm³/mol. The topological polar surface area (TPSA) is 12.0 Å². The molecule has 2 rings (SSSR count). The van der Waals surface area contributed by atoms with Crippen LogP contribution in [-0.2, 0) is 12.8 Å². The molecule has 18 heavy (non-hydrogen) atoms. The van der Waals surface area contributed by atoms with Crippen molar-refractivity contribution in [1.82, 2.24) is 5.32 Å². The van der Waals surface area contributed by atoms with Gasteiger partial charge in [0.05, 0.1) is 0 Å². The van der Waals surface area contributed by atoms with Crippen LogP contribution in [0.2, 0.25) is 0 Å². The number of aryl methyl sites for hydroxylation is 2. The highest BCUT2D eigenvalue weighted by Gasteiger charge is 2.19. The van der Waals surface area contributed by atoms with Crippen molar-refractivity contribution < 1.29 is 0 Å². The van der Waals surface area contributed by atoms with Gasteiger partial charge in [-0.05, 0) is 62.6 Å². The Morgan fingerprint density at radius 3 is 2.78 bits per heavy atom. The number of hydrogen-bond acceptors (Lipinski definition) is 2. The Kier molecular flexibility index (Phi) is 5.25. The summed E-state index contributed by atoms with van der Waals surface area (Å²) in [7, 11) is 0. The molecule has 0 bridgehead atoms. The lowest BCUT2D eigenvalue weighted by Crippen LogP contribution is -2.21. The third-order valence-corrected chi connectivity index (χ3v) is 5.13. The second kappa shape index (κ2) is 6.72. The molecule has 0 saturated heterocycles. The molecule has 1 atom stereocenters. The molecule has 0 aliphatic heterocycles. The van der Waals surface area contributed by atoms with Crippen LogP contribution < -0.4 is 5.32 Å². The van der Waals surface area contributed by atoms with E-state index in [4.69, 9.17) is 0 Å². The van der Waals surface area contributed by atoms with Gasteiger partial charge in [0.25, 0.3) is 0 Å². The number of rotatable bonds is 7. The van der Waals surface area contributed by atoms with Crippen LogP contribution in [0.4, 0.5) is 0 Å². The van der Waals surface area contributed by atoms with Crippen LogP contribution in [0.15, 0.2) is 6.07 Å². The summed E-state index contributed by atoms with van der Waals surface area (Å²) in [5.41, 5.74) is 1.64. The maximum absolute atomic E-state index is 3.74. The minimum atomic E-state index is 0.600. The standard InChI is InChI=1S/C16H27NS/c1-4-10-17-14(9-8-12(2)3)16-11-13-6-5-7-15(13)18-16/h11-12,14,17H,4-10H2,1-3H3. The number of hydrogen-bond donors (Lipinski definition) is 1. The minimum absolute atomic E-state index is 0.600. The smallest absolute Gasteiger partial charge is 0.0415 e. The van der Waals surface area contributed by atoms with Gasteiger partial charge in [-0.1, -0.05) is 20.8 Å². The quantitative estimate of drug-likeness (QED) is 0.752. The average molecular weight is 265 g/mol. The van der Waals surface area contributed by atoms with Crippen molar-refractivity contribution in [2.75, 3.05) is 6.54 Å². The van der Waals surface area contributed by atoms with Crippen LogP contribution >= 0.6 is 11.3 Å². The average Bonchev–Trinajstić information content (AvgIpc) is 2.89. The molecule has 0 radical (unpaired) electrons. The highest BCUT2D eigenvalue weighted by Crippen LogP contribution is 2.35. The number of fused-ring (bicyclic) bond motifs is 1. The third-order valence-electron chi connectivity index (χ3n) is 3.78. The van der Waals surface area contributed by atoms with Crippen molar-refractivity contribution in [3.8, 4) is 0 Å². The molecule has 0 fully saturated rings. The lowest BCUT2D eigenvalue weighted by Gasteiger charge is -2.18. The van der Waals surface area contributed by atoms with Gasteiger partial charge in [-0.25, -0.2) is 0 Å². The summed E-state index contributed by atoms with van der Waals surface area (Å²) in [5, 5.41) is 3.74. The van der Waals surface area contributed by atoms with E-state index in [1.807, 2.05) is 0 Å². The molecule has 0 aromatic carbocycles. The van der Waals surface area contributed by atoms with Crippen LogP contribution in [0.3, 0.4) is 0 Å². The van der Waals surface area contributed by atoms with Crippen LogP contribution in [0, 0.1) is 5.92 Å². The van der Waals surface area contributed by atoms with Gasteiger partial charge in [0.15, 0.2) is 0 Å². The van der Waals surface area contributed by atoms with Gasteiger partial charge < -0.3 is 5.32 Å². The summed E-state index contributed by atoms with van der Waals surface area (Å²) in [5.74, 6) is 0.808. The lowest BCUT2D eigenvalue weighted by molar-refractivity contribution is 0.445. The molecular formula is C16H27NS. The Labute approximate surface area is 116 Å². The Bertz CT molecular complexity index is 346. The SMILES string of the molecule is CCCNC(CCC(C)C)c1cc2c(s1)CCC2. The van der Waals surface area contributed by atoms with Gasteiger partial charge in [-0.15, -0.1) is 11.3 Å². The van der Waals surface area contributed by atoms with E-state index in [1.165, 1.54) is 38.5 Å². The van der Waals surface area contributed by atoms with Gasteiger partial charge in [0.2, 0.25) is 0 Å². The first kappa shape index (κ1) is 14.1.